The van der Waals surface area contributed by atoms with Crippen LogP contribution in [0.15, 0.2) is 12.1 Å². The van der Waals surface area contributed by atoms with E-state index in [-0.39, 0.29) is 45.8 Å². The van der Waals surface area contributed by atoms with Gasteiger partial charge in [-0.1, -0.05) is 23.2 Å². The predicted octanol–water partition coefficient (Wildman–Crippen LogP) is 2.03. The summed E-state index contributed by atoms with van der Waals surface area (Å²) in [7, 11) is 1.29. The summed E-state index contributed by atoms with van der Waals surface area (Å²) in [5.74, 6) is -3.41. The van der Waals surface area contributed by atoms with Gasteiger partial charge in [0.05, 0.1) is 27.3 Å². The van der Waals surface area contributed by atoms with Gasteiger partial charge in [0.1, 0.15) is 6.10 Å². The van der Waals surface area contributed by atoms with Crippen LogP contribution in [0.4, 0.5) is 10.5 Å². The van der Waals surface area contributed by atoms with Gasteiger partial charge < -0.3 is 20.7 Å². The molecular weight excluding hydrogens is 475 g/mol. The van der Waals surface area contributed by atoms with Crippen molar-refractivity contribution in [2.75, 3.05) is 12.4 Å². The van der Waals surface area contributed by atoms with Crippen molar-refractivity contribution in [3.05, 3.63) is 27.7 Å². The Kier molecular flexibility index (Phi) is 7.80. The van der Waals surface area contributed by atoms with Crippen molar-refractivity contribution in [1.82, 2.24) is 16.0 Å². The molecule has 0 radical (unpaired) electrons. The number of carbonyl (C=O) groups is 5. The SMILES string of the molecule is CNC(=O)C(=O)[C@H](C[C@@H]1C[C@@H](C)NC1=O)NC(=O)c1cc(Cl)c(Cl)cc1NC(=O)OC1CC1. The fourth-order valence-electron chi connectivity index (χ4n) is 3.50. The first kappa shape index (κ1) is 24.8. The maximum atomic E-state index is 13.1. The molecule has 2 aliphatic rings. The summed E-state index contributed by atoms with van der Waals surface area (Å²) in [6.45, 7) is 1.82. The number of rotatable bonds is 8. The summed E-state index contributed by atoms with van der Waals surface area (Å²) < 4.78 is 5.14. The molecule has 3 atom stereocenters. The summed E-state index contributed by atoms with van der Waals surface area (Å²) in [5.41, 5.74) is -0.0676. The first-order chi connectivity index (χ1) is 15.6. The van der Waals surface area contributed by atoms with Crippen LogP contribution in [0.1, 0.15) is 43.0 Å². The zero-order valence-electron chi connectivity index (χ0n) is 18.0. The third kappa shape index (κ3) is 6.35. The molecule has 0 aromatic heterocycles. The van der Waals surface area contributed by atoms with Gasteiger partial charge in [0.15, 0.2) is 0 Å². The summed E-state index contributed by atoms with van der Waals surface area (Å²) in [4.78, 5) is 62.0. The lowest BCUT2D eigenvalue weighted by atomic mass is 9.93. The summed E-state index contributed by atoms with van der Waals surface area (Å²) in [6, 6.07) is 1.16. The molecule has 4 amide bonds. The first-order valence-corrected chi connectivity index (χ1v) is 11.2. The van der Waals surface area contributed by atoms with Crippen LogP contribution >= 0.6 is 23.2 Å². The third-order valence-corrected chi connectivity index (χ3v) is 6.05. The van der Waals surface area contributed by atoms with Gasteiger partial charge in [0.25, 0.3) is 11.8 Å². The molecule has 1 aliphatic heterocycles. The topological polar surface area (TPSA) is 143 Å². The van der Waals surface area contributed by atoms with Crippen LogP contribution in [0.25, 0.3) is 0 Å². The van der Waals surface area contributed by atoms with Gasteiger partial charge in [-0.3, -0.25) is 24.5 Å². The molecule has 1 aromatic rings. The van der Waals surface area contributed by atoms with Crippen LogP contribution < -0.4 is 21.3 Å². The van der Waals surface area contributed by atoms with Gasteiger partial charge in [-0.25, -0.2) is 4.79 Å². The minimum absolute atomic E-state index is 0.0194. The molecule has 1 aromatic carbocycles. The van der Waals surface area contributed by atoms with E-state index in [9.17, 15) is 24.0 Å². The molecule has 0 spiro atoms. The van der Waals surface area contributed by atoms with E-state index in [0.29, 0.717) is 6.42 Å². The lowest BCUT2D eigenvalue weighted by Gasteiger charge is -2.20. The smallest absolute Gasteiger partial charge is 0.411 e. The van der Waals surface area contributed by atoms with Crippen LogP contribution in [-0.2, 0) is 19.1 Å². The second-order valence-electron chi connectivity index (χ2n) is 8.09. The number of hydrogen-bond donors (Lipinski definition) is 4. The number of ketones is 1. The molecule has 1 heterocycles. The first-order valence-electron chi connectivity index (χ1n) is 10.4. The van der Waals surface area contributed by atoms with Gasteiger partial charge in [0.2, 0.25) is 11.7 Å². The minimum Gasteiger partial charge on any atom is -0.446 e. The highest BCUT2D eigenvalue weighted by Gasteiger charge is 2.36. The second kappa shape index (κ2) is 10.4. The molecular formula is C21H24Cl2N4O6. The highest BCUT2D eigenvalue weighted by molar-refractivity contribution is 6.42. The number of hydrogen-bond acceptors (Lipinski definition) is 6. The van der Waals surface area contributed by atoms with Crippen LogP contribution in [0.5, 0.6) is 0 Å². The van der Waals surface area contributed by atoms with Crippen LogP contribution in [0.2, 0.25) is 10.0 Å². The number of carbonyl (C=O) groups excluding carboxylic acids is 5. The van der Waals surface area contributed by atoms with E-state index < -0.39 is 35.7 Å². The number of nitrogens with one attached hydrogen (secondary N) is 4. The molecule has 1 saturated carbocycles. The molecule has 1 saturated heterocycles. The lowest BCUT2D eigenvalue weighted by molar-refractivity contribution is -0.139. The minimum atomic E-state index is -1.28. The second-order valence-corrected chi connectivity index (χ2v) is 8.90. The van der Waals surface area contributed by atoms with Crippen molar-refractivity contribution in [2.45, 2.75) is 50.8 Å². The zero-order chi connectivity index (χ0) is 24.3. The van der Waals surface area contributed by atoms with E-state index in [0.717, 1.165) is 12.8 Å². The van der Waals surface area contributed by atoms with E-state index in [2.05, 4.69) is 21.3 Å². The van der Waals surface area contributed by atoms with Gasteiger partial charge >= 0.3 is 6.09 Å². The van der Waals surface area contributed by atoms with Crippen molar-refractivity contribution < 1.29 is 28.7 Å². The van der Waals surface area contributed by atoms with Gasteiger partial charge in [0, 0.05) is 19.0 Å². The highest BCUT2D eigenvalue weighted by Crippen LogP contribution is 2.31. The largest absolute Gasteiger partial charge is 0.446 e. The molecule has 10 nitrogen and oxygen atoms in total. The molecule has 178 valence electrons. The zero-order valence-corrected chi connectivity index (χ0v) is 19.5. The molecule has 33 heavy (non-hydrogen) atoms. The standard InChI is InChI=1S/C21H24Cl2N4O6/c1-9-5-10(18(29)25-9)6-16(17(28)20(31)24-2)26-19(30)12-7-13(22)14(23)8-15(12)27-21(32)33-11-3-4-11/h7-11,16H,3-6H2,1-2H3,(H,24,31)(H,25,29)(H,26,30)(H,27,32)/t9-,10+,16+/m1/s1. The molecule has 0 unspecified atom stereocenters. The van der Waals surface area contributed by atoms with Crippen molar-refractivity contribution >= 4 is 58.5 Å². The summed E-state index contributed by atoms with van der Waals surface area (Å²) in [6.07, 6.45) is 0.984. The lowest BCUT2D eigenvalue weighted by Crippen LogP contribution is -2.48. The molecule has 3 rings (SSSR count). The molecule has 2 fully saturated rings. The Morgan fingerprint density at radius 1 is 1.18 bits per heavy atom. The third-order valence-electron chi connectivity index (χ3n) is 5.33. The van der Waals surface area contributed by atoms with Crippen LogP contribution in [-0.4, -0.2) is 54.8 Å². The number of anilines is 1. The van der Waals surface area contributed by atoms with Crippen molar-refractivity contribution in [1.29, 1.82) is 0 Å². The van der Waals surface area contributed by atoms with E-state index in [4.69, 9.17) is 27.9 Å². The highest BCUT2D eigenvalue weighted by atomic mass is 35.5. The Morgan fingerprint density at radius 3 is 2.42 bits per heavy atom. The van der Waals surface area contributed by atoms with E-state index in [1.54, 1.807) is 0 Å². The number of halogens is 2. The Labute approximate surface area is 200 Å². The van der Waals surface area contributed by atoms with Crippen molar-refractivity contribution in [2.24, 2.45) is 5.92 Å². The van der Waals surface area contributed by atoms with Gasteiger partial charge in [-0.05, 0) is 44.7 Å². The predicted molar refractivity (Wildman–Crippen MR) is 120 cm³/mol. The fraction of sp³-hybridized carbons (Fsp3) is 0.476. The number of Topliss-reactive ketones (excluding diaryl/α,β-unsaturated/α-hetero) is 1. The Morgan fingerprint density at radius 2 is 1.85 bits per heavy atom. The number of amides is 4. The van der Waals surface area contributed by atoms with E-state index >= 15 is 0 Å². The monoisotopic (exact) mass is 498 g/mol. The molecule has 12 heteroatoms. The number of benzene rings is 1. The van der Waals surface area contributed by atoms with E-state index in [1.807, 2.05) is 6.92 Å². The number of ether oxygens (including phenoxy) is 1. The Balaban J connectivity index is 1.83. The van der Waals surface area contributed by atoms with Gasteiger partial charge in [-0.2, -0.15) is 0 Å². The Hall–Kier alpha value is -2.85. The van der Waals surface area contributed by atoms with Gasteiger partial charge in [-0.15, -0.1) is 0 Å². The number of likely N-dealkylation sites (N-methyl/N-ethyl adjacent to an activating group) is 1. The summed E-state index contributed by atoms with van der Waals surface area (Å²) >= 11 is 12.1. The average Bonchev–Trinajstić information content (AvgIpc) is 3.51. The van der Waals surface area contributed by atoms with Crippen LogP contribution in [0, 0.1) is 5.92 Å². The maximum absolute atomic E-state index is 13.1. The molecule has 0 bridgehead atoms. The molecule has 1 aliphatic carbocycles. The molecule has 4 N–H and O–H groups in total. The van der Waals surface area contributed by atoms with Crippen LogP contribution in [0.3, 0.4) is 0 Å². The van der Waals surface area contributed by atoms with Crippen molar-refractivity contribution in [3.8, 4) is 0 Å². The average molecular weight is 499 g/mol. The quantitative estimate of drug-likeness (QED) is 0.403. The maximum Gasteiger partial charge on any atom is 0.411 e. The van der Waals surface area contributed by atoms with Crippen molar-refractivity contribution in [3.63, 3.8) is 0 Å². The summed E-state index contributed by atoms with van der Waals surface area (Å²) in [5, 5.41) is 10.1. The normalized spacial score (nSPS) is 20.4. The Bertz CT molecular complexity index is 997. The fourth-order valence-corrected chi connectivity index (χ4v) is 3.83. The van der Waals surface area contributed by atoms with E-state index in [1.165, 1.54) is 19.2 Å².